The molecule has 1 aliphatic heterocycles. The van der Waals surface area contributed by atoms with Crippen molar-refractivity contribution in [2.24, 2.45) is 0 Å². The zero-order chi connectivity index (χ0) is 22.0. The molecule has 0 radical (unpaired) electrons. The Labute approximate surface area is 179 Å². The molecule has 0 unspecified atom stereocenters. The number of piperazine rings is 1. The number of hydrogen-bond donors (Lipinski definition) is 0. The lowest BCUT2D eigenvalue weighted by Gasteiger charge is -2.33. The third kappa shape index (κ3) is 4.31. The summed E-state index contributed by atoms with van der Waals surface area (Å²) in [6, 6.07) is 13.2. The molecule has 1 saturated heterocycles. The Kier molecular flexibility index (Phi) is 5.76. The van der Waals surface area contributed by atoms with Crippen molar-refractivity contribution >= 4 is 15.7 Å². The predicted octanol–water partition coefficient (Wildman–Crippen LogP) is 1.39. The maximum Gasteiger partial charge on any atom is 0.289 e. The van der Waals surface area contributed by atoms with Crippen molar-refractivity contribution in [1.29, 1.82) is 0 Å². The van der Waals surface area contributed by atoms with Gasteiger partial charge in [0.15, 0.2) is 10.7 Å². The molecule has 11 nitrogen and oxygen atoms in total. The van der Waals surface area contributed by atoms with Crippen LogP contribution in [0.15, 0.2) is 53.4 Å². The molecule has 2 aromatic carbocycles. The quantitative estimate of drug-likeness (QED) is 0.413. The van der Waals surface area contributed by atoms with Gasteiger partial charge < -0.3 is 0 Å². The van der Waals surface area contributed by atoms with Gasteiger partial charge in [0.1, 0.15) is 0 Å². The number of aromatic nitrogens is 4. The van der Waals surface area contributed by atoms with Crippen molar-refractivity contribution in [3.63, 3.8) is 0 Å². The van der Waals surface area contributed by atoms with E-state index in [2.05, 4.69) is 20.4 Å². The minimum atomic E-state index is -3.96. The van der Waals surface area contributed by atoms with Crippen molar-refractivity contribution in [1.82, 2.24) is 29.4 Å². The Morgan fingerprint density at radius 1 is 1.03 bits per heavy atom. The van der Waals surface area contributed by atoms with Crippen LogP contribution < -0.4 is 0 Å². The number of nitro groups is 1. The van der Waals surface area contributed by atoms with Crippen LogP contribution in [0.1, 0.15) is 11.4 Å². The highest BCUT2D eigenvalue weighted by Crippen LogP contribution is 2.27. The lowest BCUT2D eigenvalue weighted by Crippen LogP contribution is -2.48. The first-order chi connectivity index (χ1) is 14.9. The van der Waals surface area contributed by atoms with Crippen LogP contribution in [-0.4, -0.2) is 68.9 Å². The molecule has 0 bridgehead atoms. The second-order valence-electron chi connectivity index (χ2n) is 7.25. The van der Waals surface area contributed by atoms with E-state index in [1.165, 1.54) is 28.6 Å². The Hall–Kier alpha value is -3.22. The number of hydrogen-bond acceptors (Lipinski definition) is 8. The molecule has 31 heavy (non-hydrogen) atoms. The molecule has 0 atom stereocenters. The molecule has 3 aromatic rings. The Morgan fingerprint density at radius 3 is 2.39 bits per heavy atom. The van der Waals surface area contributed by atoms with Crippen molar-refractivity contribution in [2.75, 3.05) is 26.2 Å². The first-order valence-electron chi connectivity index (χ1n) is 9.66. The summed E-state index contributed by atoms with van der Waals surface area (Å²) in [6.45, 7) is 3.82. The van der Waals surface area contributed by atoms with Crippen LogP contribution in [0.25, 0.3) is 5.69 Å². The monoisotopic (exact) mass is 443 g/mol. The third-order valence-electron chi connectivity index (χ3n) is 5.19. The normalized spacial score (nSPS) is 15.8. The summed E-state index contributed by atoms with van der Waals surface area (Å²) in [5.41, 5.74) is 1.57. The summed E-state index contributed by atoms with van der Waals surface area (Å²) in [6.07, 6.45) is 0. The number of rotatable bonds is 6. The van der Waals surface area contributed by atoms with Crippen molar-refractivity contribution in [3.05, 3.63) is 70.0 Å². The second-order valence-corrected chi connectivity index (χ2v) is 9.15. The summed E-state index contributed by atoms with van der Waals surface area (Å²) in [5, 5.41) is 23.2. The maximum absolute atomic E-state index is 13.0. The number of tetrazole rings is 1. The molecule has 0 aliphatic carbocycles. The van der Waals surface area contributed by atoms with Crippen LogP contribution in [0.5, 0.6) is 0 Å². The van der Waals surface area contributed by atoms with Gasteiger partial charge in [0.25, 0.3) is 5.69 Å². The Balaban J connectivity index is 1.45. The lowest BCUT2D eigenvalue weighted by atomic mass is 10.2. The molecule has 0 amide bonds. The fourth-order valence-electron chi connectivity index (χ4n) is 3.48. The van der Waals surface area contributed by atoms with Crippen molar-refractivity contribution in [3.8, 4) is 5.69 Å². The first-order valence-corrected chi connectivity index (χ1v) is 11.1. The average Bonchev–Trinajstić information content (AvgIpc) is 3.22. The van der Waals surface area contributed by atoms with Gasteiger partial charge in [-0.25, -0.2) is 8.42 Å². The molecule has 0 N–H and O–H groups in total. The minimum absolute atomic E-state index is 0.223. The molecular weight excluding hydrogens is 422 g/mol. The number of para-hydroxylation sites is 1. The van der Waals surface area contributed by atoms with E-state index in [4.69, 9.17) is 0 Å². The summed E-state index contributed by atoms with van der Waals surface area (Å²) < 4.78 is 28.9. The molecule has 1 aliphatic rings. The van der Waals surface area contributed by atoms with E-state index < -0.39 is 20.6 Å². The van der Waals surface area contributed by atoms with E-state index >= 15 is 0 Å². The van der Waals surface area contributed by atoms with E-state index in [1.54, 1.807) is 4.68 Å². The van der Waals surface area contributed by atoms with Gasteiger partial charge in [-0.1, -0.05) is 29.8 Å². The Morgan fingerprint density at radius 2 is 1.71 bits per heavy atom. The topological polar surface area (TPSA) is 127 Å². The fraction of sp³-hybridized carbons (Fsp3) is 0.316. The van der Waals surface area contributed by atoms with Gasteiger partial charge in [-0.2, -0.15) is 8.99 Å². The summed E-state index contributed by atoms with van der Waals surface area (Å²) in [7, 11) is -3.96. The van der Waals surface area contributed by atoms with E-state index in [0.717, 1.165) is 11.3 Å². The van der Waals surface area contributed by atoms with Crippen LogP contribution >= 0.6 is 0 Å². The average molecular weight is 443 g/mol. The van der Waals surface area contributed by atoms with Crippen LogP contribution in [-0.2, 0) is 16.6 Å². The van der Waals surface area contributed by atoms with Crippen LogP contribution in [0.4, 0.5) is 5.69 Å². The van der Waals surface area contributed by atoms with Gasteiger partial charge in [-0.3, -0.25) is 15.0 Å². The molecule has 1 fully saturated rings. The van der Waals surface area contributed by atoms with E-state index in [9.17, 15) is 18.5 Å². The van der Waals surface area contributed by atoms with E-state index in [-0.39, 0.29) is 18.0 Å². The summed E-state index contributed by atoms with van der Waals surface area (Å²) in [4.78, 5) is 12.3. The summed E-state index contributed by atoms with van der Waals surface area (Å²) >= 11 is 0. The maximum atomic E-state index is 13.0. The van der Waals surface area contributed by atoms with Crippen molar-refractivity contribution < 1.29 is 13.3 Å². The smallest absolute Gasteiger partial charge is 0.289 e. The highest BCUT2D eigenvalue weighted by molar-refractivity contribution is 7.89. The van der Waals surface area contributed by atoms with Crippen LogP contribution in [0.3, 0.4) is 0 Å². The Bertz CT molecular complexity index is 1190. The zero-order valence-electron chi connectivity index (χ0n) is 16.8. The minimum Gasteiger partial charge on any atom is -0.293 e. The SMILES string of the molecule is Cc1ccc(-n2nnnc2CN2CCN(S(=O)(=O)c3ccccc3[N+](=O)[O-])CC2)cc1. The van der Waals surface area contributed by atoms with Gasteiger partial charge in [-0.15, -0.1) is 5.10 Å². The predicted molar refractivity (Wildman–Crippen MR) is 111 cm³/mol. The van der Waals surface area contributed by atoms with Gasteiger partial charge in [-0.05, 0) is 35.5 Å². The number of benzene rings is 2. The molecule has 0 saturated carbocycles. The van der Waals surface area contributed by atoms with Crippen LogP contribution in [0.2, 0.25) is 0 Å². The molecule has 12 heteroatoms. The summed E-state index contributed by atoms with van der Waals surface area (Å²) in [5.74, 6) is 0.652. The molecule has 2 heterocycles. The third-order valence-corrected chi connectivity index (χ3v) is 7.13. The number of nitrogens with zero attached hydrogens (tertiary/aromatic N) is 7. The highest BCUT2D eigenvalue weighted by Gasteiger charge is 2.33. The molecule has 4 rings (SSSR count). The lowest BCUT2D eigenvalue weighted by molar-refractivity contribution is -0.387. The van der Waals surface area contributed by atoms with E-state index in [1.807, 2.05) is 31.2 Å². The van der Waals surface area contributed by atoms with Gasteiger partial charge in [0.2, 0.25) is 10.0 Å². The molecule has 162 valence electrons. The first kappa shape index (κ1) is 21.0. The number of nitro benzene ring substituents is 1. The van der Waals surface area contributed by atoms with Crippen LogP contribution in [0, 0.1) is 17.0 Å². The largest absolute Gasteiger partial charge is 0.293 e. The fourth-order valence-corrected chi connectivity index (χ4v) is 5.06. The standard InChI is InChI=1S/C19H21N7O4S/c1-15-6-8-16(9-7-15)25-19(20-21-22-25)14-23-10-12-24(13-11-23)31(29,30)18-5-3-2-4-17(18)26(27)28/h2-9H,10-14H2,1H3. The van der Waals surface area contributed by atoms with Gasteiger partial charge in [0.05, 0.1) is 17.2 Å². The second kappa shape index (κ2) is 8.49. The molecular formula is C19H21N7O4S. The molecule has 1 aromatic heterocycles. The number of aryl methyl sites for hydroxylation is 1. The zero-order valence-corrected chi connectivity index (χ0v) is 17.6. The molecule has 0 spiro atoms. The number of sulfonamides is 1. The van der Waals surface area contributed by atoms with Gasteiger partial charge >= 0.3 is 0 Å². The van der Waals surface area contributed by atoms with E-state index in [0.29, 0.717) is 25.5 Å². The van der Waals surface area contributed by atoms with Crippen molar-refractivity contribution in [2.45, 2.75) is 18.4 Å². The van der Waals surface area contributed by atoms with Gasteiger partial charge in [0, 0.05) is 32.2 Å². The highest BCUT2D eigenvalue weighted by atomic mass is 32.2.